The number of fused-ring (bicyclic) bond motifs is 3. The standard InChI is InChI=1S/C20H19N3O4/c1-27-14-5-2-4-13(10-14)11-23-18-16(6-3-8-21-18)15-7-9-22(20(25)26)12-17(15)19(23)24/h2-6,8,10H,7,9,11-12H2,1H3,(H,25,26). The number of methoxy groups -OCH3 is 1. The van der Waals surface area contributed by atoms with Gasteiger partial charge in [-0.3, -0.25) is 9.36 Å². The molecule has 0 spiro atoms. The van der Waals surface area contributed by atoms with E-state index in [0.717, 1.165) is 16.5 Å². The second kappa shape index (κ2) is 6.75. The maximum atomic E-state index is 13.2. The highest BCUT2D eigenvalue weighted by Gasteiger charge is 2.26. The molecule has 27 heavy (non-hydrogen) atoms. The van der Waals surface area contributed by atoms with Crippen LogP contribution in [0.4, 0.5) is 4.79 Å². The molecule has 138 valence electrons. The van der Waals surface area contributed by atoms with Crippen molar-refractivity contribution >= 4 is 17.1 Å². The molecule has 0 saturated heterocycles. The molecule has 0 saturated carbocycles. The van der Waals surface area contributed by atoms with Gasteiger partial charge in [-0.25, -0.2) is 9.78 Å². The number of nitrogens with zero attached hydrogens (tertiary/aromatic N) is 3. The minimum atomic E-state index is -1.01. The fourth-order valence-electron chi connectivity index (χ4n) is 3.63. The molecule has 0 bridgehead atoms. The first-order valence-electron chi connectivity index (χ1n) is 8.68. The van der Waals surface area contributed by atoms with Crippen LogP contribution in [0.2, 0.25) is 0 Å². The van der Waals surface area contributed by atoms with Gasteiger partial charge in [-0.05, 0) is 41.8 Å². The SMILES string of the molecule is COc1cccc(Cn2c(=O)c3c(c4cccnc42)CCN(C(=O)O)C3)c1. The zero-order valence-electron chi connectivity index (χ0n) is 14.9. The summed E-state index contributed by atoms with van der Waals surface area (Å²) in [5, 5.41) is 10.2. The average Bonchev–Trinajstić information content (AvgIpc) is 2.70. The smallest absolute Gasteiger partial charge is 0.407 e. The first-order valence-corrected chi connectivity index (χ1v) is 8.68. The lowest BCUT2D eigenvalue weighted by atomic mass is 9.97. The van der Waals surface area contributed by atoms with Crippen molar-refractivity contribution in [1.82, 2.24) is 14.5 Å². The number of carbonyl (C=O) groups is 1. The molecule has 7 heteroatoms. The van der Waals surface area contributed by atoms with Crippen molar-refractivity contribution in [3.05, 3.63) is 69.6 Å². The molecule has 2 aromatic heterocycles. The monoisotopic (exact) mass is 365 g/mol. The summed E-state index contributed by atoms with van der Waals surface area (Å²) in [4.78, 5) is 30.3. The Balaban J connectivity index is 1.88. The molecule has 7 nitrogen and oxygen atoms in total. The fraction of sp³-hybridized carbons (Fsp3) is 0.250. The summed E-state index contributed by atoms with van der Waals surface area (Å²) in [7, 11) is 1.60. The molecule has 0 aliphatic carbocycles. The topological polar surface area (TPSA) is 84.7 Å². The van der Waals surface area contributed by atoms with Crippen LogP contribution < -0.4 is 10.3 Å². The van der Waals surface area contributed by atoms with Gasteiger partial charge in [0.2, 0.25) is 0 Å². The zero-order valence-corrected chi connectivity index (χ0v) is 14.9. The van der Waals surface area contributed by atoms with Gasteiger partial charge in [0, 0.05) is 23.7 Å². The van der Waals surface area contributed by atoms with Crippen LogP contribution in [0.3, 0.4) is 0 Å². The van der Waals surface area contributed by atoms with Crippen LogP contribution >= 0.6 is 0 Å². The second-order valence-electron chi connectivity index (χ2n) is 6.53. The Morgan fingerprint density at radius 1 is 1.26 bits per heavy atom. The molecule has 1 aliphatic heterocycles. The first kappa shape index (κ1) is 17.1. The van der Waals surface area contributed by atoms with E-state index in [1.54, 1.807) is 17.9 Å². The summed E-state index contributed by atoms with van der Waals surface area (Å²) >= 11 is 0. The van der Waals surface area contributed by atoms with Crippen LogP contribution in [0.1, 0.15) is 16.7 Å². The Hall–Kier alpha value is -3.35. The third-order valence-corrected chi connectivity index (χ3v) is 4.96. The van der Waals surface area contributed by atoms with E-state index in [0.29, 0.717) is 36.5 Å². The van der Waals surface area contributed by atoms with E-state index < -0.39 is 6.09 Å². The summed E-state index contributed by atoms with van der Waals surface area (Å²) in [5.41, 5.74) is 2.78. The number of aromatic nitrogens is 2. The molecule has 0 radical (unpaired) electrons. The van der Waals surface area contributed by atoms with E-state index in [1.807, 2.05) is 36.4 Å². The minimum Gasteiger partial charge on any atom is -0.497 e. The highest BCUT2D eigenvalue weighted by molar-refractivity contribution is 5.81. The van der Waals surface area contributed by atoms with Crippen LogP contribution in [-0.4, -0.2) is 39.3 Å². The van der Waals surface area contributed by atoms with E-state index in [-0.39, 0.29) is 12.1 Å². The number of carboxylic acid groups (broad SMARTS) is 1. The van der Waals surface area contributed by atoms with Crippen molar-refractivity contribution < 1.29 is 14.6 Å². The maximum absolute atomic E-state index is 13.2. The van der Waals surface area contributed by atoms with Gasteiger partial charge in [-0.2, -0.15) is 0 Å². The fourth-order valence-corrected chi connectivity index (χ4v) is 3.63. The van der Waals surface area contributed by atoms with Crippen LogP contribution in [0.25, 0.3) is 11.0 Å². The number of hydrogen-bond donors (Lipinski definition) is 1. The van der Waals surface area contributed by atoms with E-state index in [9.17, 15) is 14.7 Å². The molecule has 1 N–H and O–H groups in total. The summed E-state index contributed by atoms with van der Waals surface area (Å²) in [6, 6.07) is 11.3. The van der Waals surface area contributed by atoms with E-state index in [1.165, 1.54) is 4.90 Å². The molecule has 1 aromatic carbocycles. The molecule has 3 aromatic rings. The first-order chi connectivity index (χ1) is 13.1. The normalized spacial score (nSPS) is 13.4. The van der Waals surface area contributed by atoms with Crippen molar-refractivity contribution in [3.63, 3.8) is 0 Å². The number of hydrogen-bond acceptors (Lipinski definition) is 4. The number of ether oxygens (including phenoxy) is 1. The lowest BCUT2D eigenvalue weighted by Crippen LogP contribution is -2.40. The minimum absolute atomic E-state index is 0.104. The van der Waals surface area contributed by atoms with Crippen molar-refractivity contribution in [2.45, 2.75) is 19.5 Å². The van der Waals surface area contributed by atoms with Crippen LogP contribution in [-0.2, 0) is 19.5 Å². The number of amides is 1. The van der Waals surface area contributed by atoms with Gasteiger partial charge in [0.05, 0.1) is 20.2 Å². The zero-order chi connectivity index (χ0) is 19.0. The van der Waals surface area contributed by atoms with Gasteiger partial charge >= 0.3 is 6.09 Å². The van der Waals surface area contributed by atoms with Crippen molar-refractivity contribution in [1.29, 1.82) is 0 Å². The highest BCUT2D eigenvalue weighted by atomic mass is 16.5. The maximum Gasteiger partial charge on any atom is 0.407 e. The highest BCUT2D eigenvalue weighted by Crippen LogP contribution is 2.25. The summed E-state index contributed by atoms with van der Waals surface area (Å²) in [6.45, 7) is 0.821. The van der Waals surface area contributed by atoms with Crippen LogP contribution in [0.15, 0.2) is 47.4 Å². The van der Waals surface area contributed by atoms with Gasteiger partial charge in [0.25, 0.3) is 5.56 Å². The summed E-state index contributed by atoms with van der Waals surface area (Å²) < 4.78 is 6.89. The molecule has 4 rings (SSSR count). The van der Waals surface area contributed by atoms with E-state index >= 15 is 0 Å². The summed E-state index contributed by atoms with van der Waals surface area (Å²) in [6.07, 6.45) is 1.17. The Morgan fingerprint density at radius 2 is 2.11 bits per heavy atom. The average molecular weight is 365 g/mol. The molecular weight excluding hydrogens is 346 g/mol. The van der Waals surface area contributed by atoms with E-state index in [2.05, 4.69) is 4.98 Å². The molecule has 0 unspecified atom stereocenters. The molecule has 0 atom stereocenters. The van der Waals surface area contributed by atoms with Gasteiger partial charge in [0.1, 0.15) is 11.4 Å². The Kier molecular flexibility index (Phi) is 4.27. The third-order valence-electron chi connectivity index (χ3n) is 4.96. The Morgan fingerprint density at radius 3 is 2.89 bits per heavy atom. The van der Waals surface area contributed by atoms with Crippen molar-refractivity contribution in [2.75, 3.05) is 13.7 Å². The largest absolute Gasteiger partial charge is 0.497 e. The number of rotatable bonds is 3. The Labute approximate surface area is 155 Å². The third kappa shape index (κ3) is 3.01. The quantitative estimate of drug-likeness (QED) is 0.771. The summed E-state index contributed by atoms with van der Waals surface area (Å²) in [5.74, 6) is 0.716. The number of benzene rings is 1. The number of pyridine rings is 2. The lowest BCUT2D eigenvalue weighted by molar-refractivity contribution is 0.139. The van der Waals surface area contributed by atoms with Crippen LogP contribution in [0, 0.1) is 0 Å². The van der Waals surface area contributed by atoms with Crippen molar-refractivity contribution in [3.8, 4) is 5.75 Å². The molecule has 1 aliphatic rings. The predicted octanol–water partition coefficient (Wildman–Crippen LogP) is 2.49. The Bertz CT molecular complexity index is 1090. The van der Waals surface area contributed by atoms with Gasteiger partial charge in [-0.15, -0.1) is 0 Å². The molecule has 3 heterocycles. The second-order valence-corrected chi connectivity index (χ2v) is 6.53. The lowest BCUT2D eigenvalue weighted by Gasteiger charge is -2.27. The molecular formula is C20H19N3O4. The van der Waals surface area contributed by atoms with Gasteiger partial charge in [-0.1, -0.05) is 12.1 Å². The van der Waals surface area contributed by atoms with Crippen LogP contribution in [0.5, 0.6) is 5.75 Å². The molecule has 1 amide bonds. The van der Waals surface area contributed by atoms with Gasteiger partial charge < -0.3 is 14.7 Å². The van der Waals surface area contributed by atoms with Crippen molar-refractivity contribution in [2.24, 2.45) is 0 Å². The molecule has 0 fully saturated rings. The van der Waals surface area contributed by atoms with E-state index in [4.69, 9.17) is 4.74 Å². The predicted molar refractivity (Wildman–Crippen MR) is 100 cm³/mol. The van der Waals surface area contributed by atoms with Gasteiger partial charge in [0.15, 0.2) is 0 Å².